The molecule has 0 unspecified atom stereocenters. The Balaban J connectivity index is 1.85. The zero-order valence-electron chi connectivity index (χ0n) is 20.2. The Hall–Kier alpha value is -3.26. The number of phenolic OH excluding ortho intramolecular Hbond substituents is 1. The molecule has 1 aliphatic rings. The molecule has 0 bridgehead atoms. The number of nitrogens with zero attached hydrogens (tertiary/aromatic N) is 1. The fourth-order valence-electron chi connectivity index (χ4n) is 4.05. The second-order valence-corrected chi connectivity index (χ2v) is 8.57. The normalized spacial score (nSPS) is 16.4. The molecule has 2 aromatic rings. The molecule has 3 rings (SSSR count). The summed E-state index contributed by atoms with van der Waals surface area (Å²) in [4.78, 5) is 27.4. The molecule has 0 aliphatic carbocycles. The number of amides is 2. The summed E-state index contributed by atoms with van der Waals surface area (Å²) in [6, 6.07) is 12.3. The van der Waals surface area contributed by atoms with Gasteiger partial charge in [-0.2, -0.15) is 0 Å². The highest BCUT2D eigenvalue weighted by Gasteiger charge is 2.42. The third-order valence-corrected chi connectivity index (χ3v) is 5.99. The Labute approximate surface area is 200 Å². The van der Waals surface area contributed by atoms with Crippen molar-refractivity contribution >= 4 is 12.0 Å². The first kappa shape index (κ1) is 25.4. The topological polar surface area (TPSA) is 94.5 Å². The van der Waals surface area contributed by atoms with Crippen LogP contribution in [0.4, 0.5) is 4.79 Å². The van der Waals surface area contributed by atoms with E-state index in [1.54, 1.807) is 19.2 Å². The number of methoxy groups -OCH3 is 2. The van der Waals surface area contributed by atoms with Crippen LogP contribution >= 0.6 is 0 Å². The van der Waals surface area contributed by atoms with E-state index in [1.165, 1.54) is 12.0 Å². The third kappa shape index (κ3) is 5.62. The summed E-state index contributed by atoms with van der Waals surface area (Å²) in [5.41, 5.74) is 1.38. The van der Waals surface area contributed by atoms with Crippen molar-refractivity contribution in [3.8, 4) is 17.2 Å². The Morgan fingerprint density at radius 3 is 2.53 bits per heavy atom. The smallest absolute Gasteiger partial charge is 0.417 e. The standard InChI is InChI=1S/C26H33NO7/c1-17(2)20(25(29)27-21(16-34-26(27)30)18-9-6-5-7-10-18)15-19-11-12-22(32-4)24(23(19)28)33-14-8-13-31-3/h5-7,9-12,17,20-21,28H,8,13-16H2,1-4H3/t20-,21-/m0/s1. The predicted octanol–water partition coefficient (Wildman–Crippen LogP) is 4.35. The van der Waals surface area contributed by atoms with Crippen molar-refractivity contribution in [1.82, 2.24) is 4.90 Å². The highest BCUT2D eigenvalue weighted by atomic mass is 16.6. The van der Waals surface area contributed by atoms with Gasteiger partial charge in [0.25, 0.3) is 0 Å². The lowest BCUT2D eigenvalue weighted by atomic mass is 9.87. The quantitative estimate of drug-likeness (QED) is 0.487. The summed E-state index contributed by atoms with van der Waals surface area (Å²) in [5.74, 6) is -0.419. The number of rotatable bonds is 11. The maximum Gasteiger partial charge on any atom is 0.417 e. The van der Waals surface area contributed by atoms with Crippen molar-refractivity contribution in [1.29, 1.82) is 0 Å². The molecule has 2 aromatic carbocycles. The van der Waals surface area contributed by atoms with Gasteiger partial charge in [-0.05, 0) is 29.5 Å². The Morgan fingerprint density at radius 1 is 1.15 bits per heavy atom. The van der Waals surface area contributed by atoms with Gasteiger partial charge in [-0.1, -0.05) is 50.2 Å². The van der Waals surface area contributed by atoms with Crippen LogP contribution in [0.3, 0.4) is 0 Å². The van der Waals surface area contributed by atoms with Gasteiger partial charge >= 0.3 is 6.09 Å². The lowest BCUT2D eigenvalue weighted by Gasteiger charge is -2.27. The van der Waals surface area contributed by atoms with Crippen LogP contribution in [-0.4, -0.2) is 56.0 Å². The number of imide groups is 1. The van der Waals surface area contributed by atoms with E-state index in [0.717, 1.165) is 5.56 Å². The molecule has 2 amide bonds. The molecule has 2 atom stereocenters. The van der Waals surface area contributed by atoms with E-state index in [4.69, 9.17) is 18.9 Å². The van der Waals surface area contributed by atoms with E-state index in [-0.39, 0.29) is 36.4 Å². The van der Waals surface area contributed by atoms with Gasteiger partial charge in [-0.15, -0.1) is 0 Å². The van der Waals surface area contributed by atoms with Gasteiger partial charge in [0.15, 0.2) is 11.5 Å². The minimum Gasteiger partial charge on any atom is -0.504 e. The van der Waals surface area contributed by atoms with Crippen LogP contribution in [0.5, 0.6) is 17.2 Å². The monoisotopic (exact) mass is 471 g/mol. The van der Waals surface area contributed by atoms with Gasteiger partial charge in [0.05, 0.1) is 13.7 Å². The molecule has 1 saturated heterocycles. The summed E-state index contributed by atoms with van der Waals surface area (Å²) < 4.78 is 21.4. The second kappa shape index (κ2) is 11.7. The van der Waals surface area contributed by atoms with Crippen LogP contribution in [0.25, 0.3) is 0 Å². The lowest BCUT2D eigenvalue weighted by Crippen LogP contribution is -2.41. The summed E-state index contributed by atoms with van der Waals surface area (Å²) in [6.45, 7) is 4.83. The van der Waals surface area contributed by atoms with Crippen molar-refractivity contribution in [2.75, 3.05) is 34.0 Å². The zero-order chi connectivity index (χ0) is 24.7. The van der Waals surface area contributed by atoms with Gasteiger partial charge in [0.1, 0.15) is 12.6 Å². The molecule has 1 aliphatic heterocycles. The van der Waals surface area contributed by atoms with Crippen LogP contribution < -0.4 is 9.47 Å². The first-order chi connectivity index (χ1) is 16.4. The molecular weight excluding hydrogens is 438 g/mol. The molecule has 1 heterocycles. The first-order valence-electron chi connectivity index (χ1n) is 11.4. The van der Waals surface area contributed by atoms with Gasteiger partial charge in [0.2, 0.25) is 11.7 Å². The largest absolute Gasteiger partial charge is 0.504 e. The molecule has 0 saturated carbocycles. The van der Waals surface area contributed by atoms with E-state index >= 15 is 0 Å². The fraction of sp³-hybridized carbons (Fsp3) is 0.462. The lowest BCUT2D eigenvalue weighted by molar-refractivity contribution is -0.135. The van der Waals surface area contributed by atoms with Crippen LogP contribution in [0.1, 0.15) is 37.4 Å². The Kier molecular flexibility index (Phi) is 8.76. The van der Waals surface area contributed by atoms with E-state index < -0.39 is 18.1 Å². The van der Waals surface area contributed by atoms with Crippen LogP contribution in [-0.2, 0) is 20.7 Å². The minimum absolute atomic E-state index is 0.0705. The molecule has 8 heteroatoms. The number of aromatic hydroxyl groups is 1. The second-order valence-electron chi connectivity index (χ2n) is 8.57. The van der Waals surface area contributed by atoms with Gasteiger partial charge in [0, 0.05) is 26.1 Å². The van der Waals surface area contributed by atoms with Crippen molar-refractivity contribution in [2.45, 2.75) is 32.7 Å². The molecular formula is C26H33NO7. The van der Waals surface area contributed by atoms with E-state index in [2.05, 4.69) is 0 Å². The highest BCUT2D eigenvalue weighted by Crippen LogP contribution is 2.41. The number of carbonyl (C=O) groups is 2. The molecule has 8 nitrogen and oxygen atoms in total. The number of benzene rings is 2. The maximum atomic E-state index is 13.6. The molecule has 184 valence electrons. The van der Waals surface area contributed by atoms with Gasteiger partial charge in [-0.25, -0.2) is 9.69 Å². The molecule has 34 heavy (non-hydrogen) atoms. The van der Waals surface area contributed by atoms with E-state index in [0.29, 0.717) is 30.9 Å². The van der Waals surface area contributed by atoms with Crippen molar-refractivity contribution in [3.63, 3.8) is 0 Å². The number of hydrogen-bond donors (Lipinski definition) is 1. The highest BCUT2D eigenvalue weighted by molar-refractivity contribution is 5.95. The zero-order valence-corrected chi connectivity index (χ0v) is 20.2. The number of carbonyl (C=O) groups excluding carboxylic acids is 2. The minimum atomic E-state index is -0.648. The van der Waals surface area contributed by atoms with Crippen LogP contribution in [0, 0.1) is 11.8 Å². The summed E-state index contributed by atoms with van der Waals surface area (Å²) in [5, 5.41) is 11.0. The van der Waals surface area contributed by atoms with Gasteiger partial charge < -0.3 is 24.1 Å². The average molecular weight is 472 g/mol. The first-order valence-corrected chi connectivity index (χ1v) is 11.4. The third-order valence-electron chi connectivity index (χ3n) is 5.99. The molecule has 1 fully saturated rings. The number of hydrogen-bond acceptors (Lipinski definition) is 7. The fourth-order valence-corrected chi connectivity index (χ4v) is 4.05. The molecule has 1 N–H and O–H groups in total. The predicted molar refractivity (Wildman–Crippen MR) is 126 cm³/mol. The van der Waals surface area contributed by atoms with Crippen LogP contribution in [0.2, 0.25) is 0 Å². The molecule has 0 aromatic heterocycles. The molecule has 0 spiro atoms. The number of phenols is 1. The Morgan fingerprint density at radius 2 is 1.88 bits per heavy atom. The van der Waals surface area contributed by atoms with Crippen molar-refractivity contribution in [2.24, 2.45) is 11.8 Å². The van der Waals surface area contributed by atoms with E-state index in [1.807, 2.05) is 44.2 Å². The van der Waals surface area contributed by atoms with Crippen molar-refractivity contribution in [3.05, 3.63) is 53.6 Å². The van der Waals surface area contributed by atoms with Crippen LogP contribution in [0.15, 0.2) is 42.5 Å². The van der Waals surface area contributed by atoms with Gasteiger partial charge in [-0.3, -0.25) is 4.79 Å². The molecule has 0 radical (unpaired) electrons. The van der Waals surface area contributed by atoms with Crippen molar-refractivity contribution < 1.29 is 33.6 Å². The average Bonchev–Trinajstić information content (AvgIpc) is 3.23. The number of cyclic esters (lactones) is 1. The summed E-state index contributed by atoms with van der Waals surface area (Å²) >= 11 is 0. The van der Waals surface area contributed by atoms with E-state index in [9.17, 15) is 14.7 Å². The SMILES string of the molecule is COCCCOc1c(OC)ccc(C[C@H](C(=O)N2C(=O)OC[C@H]2c2ccccc2)C(C)C)c1O. The Bertz CT molecular complexity index is 977. The summed E-state index contributed by atoms with van der Waals surface area (Å²) in [6.07, 6.45) is 0.228. The number of ether oxygens (including phenoxy) is 4. The summed E-state index contributed by atoms with van der Waals surface area (Å²) in [7, 11) is 3.11. The maximum absolute atomic E-state index is 13.6.